The van der Waals surface area contributed by atoms with Gasteiger partial charge in [-0.3, -0.25) is 0 Å². The number of rotatable bonds is 4. The Kier molecular flexibility index (Phi) is 3.92. The first-order valence-electron chi connectivity index (χ1n) is 4.83. The molecular weight excluding hydrogens is 226 g/mol. The molecule has 0 saturated heterocycles. The van der Waals surface area contributed by atoms with Gasteiger partial charge in [0.2, 0.25) is 0 Å². The van der Waals surface area contributed by atoms with Gasteiger partial charge in [0, 0.05) is 0 Å². The number of benzene rings is 1. The van der Waals surface area contributed by atoms with E-state index in [-0.39, 0.29) is 11.3 Å². The molecule has 1 aromatic carbocycles. The molecule has 0 aliphatic carbocycles. The number of anilines is 1. The standard InChI is InChI=1S/C11H13NO5/c1-6(10(13)14)17-11(15)7-4-3-5-8(16-2)9(7)12/h3-6H,12H2,1-2H3,(H,13,14). The van der Waals surface area contributed by atoms with E-state index in [1.807, 2.05) is 0 Å². The normalized spacial score (nSPS) is 11.6. The molecule has 6 heteroatoms. The zero-order chi connectivity index (χ0) is 13.0. The van der Waals surface area contributed by atoms with Crippen LogP contribution in [0.5, 0.6) is 5.75 Å². The van der Waals surface area contributed by atoms with Crippen molar-refractivity contribution in [3.05, 3.63) is 23.8 Å². The lowest BCUT2D eigenvalue weighted by Crippen LogP contribution is -2.24. The minimum atomic E-state index is -1.23. The van der Waals surface area contributed by atoms with Crippen LogP contribution < -0.4 is 10.5 Å². The topological polar surface area (TPSA) is 98.8 Å². The van der Waals surface area contributed by atoms with Gasteiger partial charge in [-0.05, 0) is 19.1 Å². The fourth-order valence-electron chi connectivity index (χ4n) is 1.17. The molecule has 1 unspecified atom stereocenters. The molecule has 92 valence electrons. The van der Waals surface area contributed by atoms with E-state index in [1.165, 1.54) is 20.1 Å². The molecule has 3 N–H and O–H groups in total. The van der Waals surface area contributed by atoms with Crippen LogP contribution in [-0.4, -0.2) is 30.3 Å². The molecule has 0 spiro atoms. The fraction of sp³-hybridized carbons (Fsp3) is 0.273. The Morgan fingerprint density at radius 1 is 1.41 bits per heavy atom. The van der Waals surface area contributed by atoms with Crippen LogP contribution in [0.4, 0.5) is 5.69 Å². The van der Waals surface area contributed by atoms with E-state index in [0.29, 0.717) is 5.75 Å². The van der Waals surface area contributed by atoms with Gasteiger partial charge >= 0.3 is 11.9 Å². The number of carbonyl (C=O) groups is 2. The van der Waals surface area contributed by atoms with Gasteiger partial charge in [0.25, 0.3) is 0 Å². The lowest BCUT2D eigenvalue weighted by atomic mass is 10.1. The zero-order valence-electron chi connectivity index (χ0n) is 9.47. The molecule has 1 aromatic rings. The van der Waals surface area contributed by atoms with Crippen molar-refractivity contribution >= 4 is 17.6 Å². The first-order chi connectivity index (χ1) is 7.97. The van der Waals surface area contributed by atoms with E-state index >= 15 is 0 Å². The Morgan fingerprint density at radius 3 is 2.59 bits per heavy atom. The molecule has 0 bridgehead atoms. The molecule has 17 heavy (non-hydrogen) atoms. The van der Waals surface area contributed by atoms with Crippen LogP contribution in [0.1, 0.15) is 17.3 Å². The second kappa shape index (κ2) is 5.20. The van der Waals surface area contributed by atoms with Crippen LogP contribution in [0, 0.1) is 0 Å². The molecule has 0 heterocycles. The summed E-state index contributed by atoms with van der Waals surface area (Å²) in [5.41, 5.74) is 5.88. The average Bonchev–Trinajstić information content (AvgIpc) is 2.28. The number of carbonyl (C=O) groups excluding carboxylic acids is 1. The van der Waals surface area contributed by atoms with Crippen LogP contribution in [0.3, 0.4) is 0 Å². The molecule has 0 radical (unpaired) electrons. The highest BCUT2D eigenvalue weighted by molar-refractivity contribution is 5.97. The molecule has 0 saturated carbocycles. The third-order valence-corrected chi connectivity index (χ3v) is 2.14. The van der Waals surface area contributed by atoms with Gasteiger partial charge in [-0.15, -0.1) is 0 Å². The molecule has 1 rings (SSSR count). The molecule has 0 fully saturated rings. The first-order valence-corrected chi connectivity index (χ1v) is 4.83. The third kappa shape index (κ3) is 2.87. The number of hydrogen-bond acceptors (Lipinski definition) is 5. The van der Waals surface area contributed by atoms with Crippen molar-refractivity contribution in [3.63, 3.8) is 0 Å². The van der Waals surface area contributed by atoms with E-state index in [0.717, 1.165) is 0 Å². The smallest absolute Gasteiger partial charge is 0.344 e. The molecule has 0 aliphatic heterocycles. The summed E-state index contributed by atoms with van der Waals surface area (Å²) < 4.78 is 9.64. The molecule has 6 nitrogen and oxygen atoms in total. The Balaban J connectivity index is 2.93. The lowest BCUT2D eigenvalue weighted by Gasteiger charge is -2.11. The maximum Gasteiger partial charge on any atom is 0.344 e. The maximum atomic E-state index is 11.6. The quantitative estimate of drug-likeness (QED) is 0.598. The summed E-state index contributed by atoms with van der Waals surface area (Å²) in [4.78, 5) is 22.2. The number of aliphatic carboxylic acids is 1. The number of carboxylic acid groups (broad SMARTS) is 1. The summed E-state index contributed by atoms with van der Waals surface area (Å²) in [6.45, 7) is 1.26. The average molecular weight is 239 g/mol. The summed E-state index contributed by atoms with van der Waals surface area (Å²) in [6.07, 6.45) is -1.23. The molecule has 0 aromatic heterocycles. The van der Waals surface area contributed by atoms with Gasteiger partial charge in [0.15, 0.2) is 6.10 Å². The van der Waals surface area contributed by atoms with Gasteiger partial charge in [-0.1, -0.05) is 6.07 Å². The largest absolute Gasteiger partial charge is 0.495 e. The molecular formula is C11H13NO5. The predicted octanol–water partition coefficient (Wildman–Crippen LogP) is 0.907. The number of esters is 1. The Morgan fingerprint density at radius 2 is 2.06 bits per heavy atom. The van der Waals surface area contributed by atoms with Gasteiger partial charge in [-0.2, -0.15) is 0 Å². The van der Waals surface area contributed by atoms with E-state index in [2.05, 4.69) is 0 Å². The van der Waals surface area contributed by atoms with Crippen molar-refractivity contribution in [1.29, 1.82) is 0 Å². The number of carboxylic acids is 1. The van der Waals surface area contributed by atoms with Gasteiger partial charge < -0.3 is 20.3 Å². The minimum Gasteiger partial charge on any atom is -0.495 e. The molecule has 1 atom stereocenters. The summed E-state index contributed by atoms with van der Waals surface area (Å²) in [7, 11) is 1.42. The van der Waals surface area contributed by atoms with Crippen LogP contribution >= 0.6 is 0 Å². The highest BCUT2D eigenvalue weighted by atomic mass is 16.6. The highest BCUT2D eigenvalue weighted by Gasteiger charge is 2.20. The van der Waals surface area contributed by atoms with E-state index in [1.54, 1.807) is 12.1 Å². The number of methoxy groups -OCH3 is 1. The molecule has 0 aliphatic rings. The predicted molar refractivity (Wildman–Crippen MR) is 59.9 cm³/mol. The zero-order valence-corrected chi connectivity index (χ0v) is 9.47. The van der Waals surface area contributed by atoms with Gasteiger partial charge in [0.1, 0.15) is 5.75 Å². The van der Waals surface area contributed by atoms with Gasteiger partial charge in [0.05, 0.1) is 18.4 Å². The number of hydrogen-bond donors (Lipinski definition) is 2. The maximum absolute atomic E-state index is 11.6. The van der Waals surface area contributed by atoms with Crippen LogP contribution in [0.25, 0.3) is 0 Å². The van der Waals surface area contributed by atoms with E-state index in [9.17, 15) is 9.59 Å². The van der Waals surface area contributed by atoms with Crippen molar-refractivity contribution in [2.24, 2.45) is 0 Å². The van der Waals surface area contributed by atoms with Crippen molar-refractivity contribution in [2.45, 2.75) is 13.0 Å². The second-order valence-electron chi connectivity index (χ2n) is 3.31. The number of para-hydroxylation sites is 1. The summed E-state index contributed by atoms with van der Waals surface area (Å²) in [5, 5.41) is 8.61. The monoisotopic (exact) mass is 239 g/mol. The van der Waals surface area contributed by atoms with Crippen molar-refractivity contribution in [3.8, 4) is 5.75 Å². The van der Waals surface area contributed by atoms with Crippen molar-refractivity contribution < 1.29 is 24.2 Å². The molecule has 0 amide bonds. The van der Waals surface area contributed by atoms with Crippen LogP contribution in [0.15, 0.2) is 18.2 Å². The number of ether oxygens (including phenoxy) is 2. The second-order valence-corrected chi connectivity index (χ2v) is 3.31. The summed E-state index contributed by atoms with van der Waals surface area (Å²) >= 11 is 0. The minimum absolute atomic E-state index is 0.0810. The van der Waals surface area contributed by atoms with Crippen LogP contribution in [-0.2, 0) is 9.53 Å². The number of nitrogen functional groups attached to an aromatic ring is 1. The SMILES string of the molecule is COc1cccc(C(=O)OC(C)C(=O)O)c1N. The Labute approximate surface area is 97.9 Å². The fourth-order valence-corrected chi connectivity index (χ4v) is 1.17. The lowest BCUT2D eigenvalue weighted by molar-refractivity contribution is -0.146. The highest BCUT2D eigenvalue weighted by Crippen LogP contribution is 2.25. The Bertz CT molecular complexity index is 443. The van der Waals surface area contributed by atoms with Crippen molar-refractivity contribution in [2.75, 3.05) is 12.8 Å². The summed E-state index contributed by atoms with van der Waals surface area (Å²) in [6, 6.07) is 4.60. The van der Waals surface area contributed by atoms with E-state index in [4.69, 9.17) is 20.3 Å². The van der Waals surface area contributed by atoms with Crippen molar-refractivity contribution in [1.82, 2.24) is 0 Å². The Hall–Kier alpha value is -2.24. The van der Waals surface area contributed by atoms with Gasteiger partial charge in [-0.25, -0.2) is 9.59 Å². The third-order valence-electron chi connectivity index (χ3n) is 2.14. The number of nitrogens with two attached hydrogens (primary N) is 1. The first kappa shape index (κ1) is 12.8. The van der Waals surface area contributed by atoms with Crippen LogP contribution in [0.2, 0.25) is 0 Å². The van der Waals surface area contributed by atoms with E-state index < -0.39 is 18.0 Å². The summed E-state index contributed by atoms with van der Waals surface area (Å²) in [5.74, 6) is -1.68.